The van der Waals surface area contributed by atoms with Crippen molar-refractivity contribution in [3.63, 3.8) is 0 Å². The van der Waals surface area contributed by atoms with Crippen molar-refractivity contribution in [2.24, 2.45) is 0 Å². The zero-order chi connectivity index (χ0) is 13.4. The molecule has 0 aromatic rings. The summed E-state index contributed by atoms with van der Waals surface area (Å²) in [6, 6.07) is 0. The second-order valence-electron chi connectivity index (χ2n) is 2.37. The Hall–Kier alpha value is -1.51. The van der Waals surface area contributed by atoms with Gasteiger partial charge in [-0.1, -0.05) is 38.2 Å². The van der Waals surface area contributed by atoms with Crippen molar-refractivity contribution in [1.82, 2.24) is 0 Å². The van der Waals surface area contributed by atoms with Crippen LogP contribution in [0.4, 0.5) is 0 Å². The van der Waals surface area contributed by atoms with Gasteiger partial charge in [-0.3, -0.25) is 4.79 Å². The normalized spacial score (nSPS) is 9.44. The Morgan fingerprint density at radius 1 is 1.38 bits per heavy atom. The van der Waals surface area contributed by atoms with Gasteiger partial charge in [0, 0.05) is 0 Å². The predicted molar refractivity (Wildman–Crippen MR) is 69.4 cm³/mol. The van der Waals surface area contributed by atoms with E-state index >= 15 is 0 Å². The Balaban J connectivity index is -0.000000289. The van der Waals surface area contributed by atoms with E-state index in [-0.39, 0.29) is 6.47 Å². The standard InChI is InChI=1S/C10H16O.C2H6.CH2O2/c1-5-9(3)7-8-10(4)11-6-2;1-2;2-1-3/h5,7-8H,4,6H2,1-3H3;1-2H3;1H,(H,2,3)/b8-7-,9-5-;;. The van der Waals surface area contributed by atoms with Crippen molar-refractivity contribution in [2.45, 2.75) is 34.6 Å². The molecular weight excluding hydrogens is 204 g/mol. The minimum atomic E-state index is -0.250. The molecule has 1 N–H and O–H groups in total. The van der Waals surface area contributed by atoms with Gasteiger partial charge in [-0.2, -0.15) is 0 Å². The highest BCUT2D eigenvalue weighted by atomic mass is 16.5. The van der Waals surface area contributed by atoms with E-state index in [4.69, 9.17) is 14.6 Å². The molecule has 0 aliphatic rings. The van der Waals surface area contributed by atoms with E-state index in [1.54, 1.807) is 0 Å². The van der Waals surface area contributed by atoms with Crippen LogP contribution in [0.15, 0.2) is 36.1 Å². The first-order valence-corrected chi connectivity index (χ1v) is 5.32. The Morgan fingerprint density at radius 3 is 2.12 bits per heavy atom. The molecule has 0 fully saturated rings. The lowest BCUT2D eigenvalue weighted by molar-refractivity contribution is -0.122. The van der Waals surface area contributed by atoms with Gasteiger partial charge in [0.05, 0.1) is 6.61 Å². The molecule has 0 aliphatic carbocycles. The SMILES string of the molecule is C=C(/C=C\C(C)=C/C)OCC.CC.O=CO. The maximum absolute atomic E-state index is 8.36. The van der Waals surface area contributed by atoms with E-state index in [1.807, 2.05) is 52.8 Å². The average molecular weight is 228 g/mol. The lowest BCUT2D eigenvalue weighted by Crippen LogP contribution is -1.84. The number of allylic oxidation sites excluding steroid dienone is 4. The van der Waals surface area contributed by atoms with Gasteiger partial charge in [-0.25, -0.2) is 0 Å². The third-order valence-corrected chi connectivity index (χ3v) is 1.32. The maximum atomic E-state index is 8.36. The predicted octanol–water partition coefficient (Wildman–Crippen LogP) is 3.79. The van der Waals surface area contributed by atoms with Gasteiger partial charge in [0.15, 0.2) is 0 Å². The lowest BCUT2D eigenvalue weighted by atomic mass is 10.2. The Kier molecular flexibility index (Phi) is 23.9. The quantitative estimate of drug-likeness (QED) is 0.452. The first-order valence-electron chi connectivity index (χ1n) is 5.32. The van der Waals surface area contributed by atoms with E-state index < -0.39 is 0 Å². The molecule has 0 rings (SSSR count). The molecular formula is C13H24O3. The van der Waals surface area contributed by atoms with Crippen LogP contribution in [-0.2, 0) is 9.53 Å². The second-order valence-corrected chi connectivity index (χ2v) is 2.37. The van der Waals surface area contributed by atoms with Gasteiger partial charge < -0.3 is 9.84 Å². The van der Waals surface area contributed by atoms with E-state index in [1.165, 1.54) is 5.57 Å². The summed E-state index contributed by atoms with van der Waals surface area (Å²) in [6.45, 7) is 14.1. The molecule has 0 amide bonds. The maximum Gasteiger partial charge on any atom is 0.290 e. The Labute approximate surface area is 99.1 Å². The zero-order valence-corrected chi connectivity index (χ0v) is 11.0. The van der Waals surface area contributed by atoms with Crippen LogP contribution in [0, 0.1) is 0 Å². The summed E-state index contributed by atoms with van der Waals surface area (Å²) in [4.78, 5) is 8.36. The summed E-state index contributed by atoms with van der Waals surface area (Å²) in [7, 11) is 0. The number of hydrogen-bond donors (Lipinski definition) is 1. The highest BCUT2D eigenvalue weighted by Crippen LogP contribution is 2.00. The Bertz CT molecular complexity index is 215. The number of carbonyl (C=O) groups is 1. The zero-order valence-electron chi connectivity index (χ0n) is 11.0. The molecule has 0 saturated heterocycles. The van der Waals surface area contributed by atoms with Gasteiger partial charge in [0.25, 0.3) is 6.47 Å². The van der Waals surface area contributed by atoms with Crippen LogP contribution in [0.2, 0.25) is 0 Å². The summed E-state index contributed by atoms with van der Waals surface area (Å²) in [5.74, 6) is 0.716. The topological polar surface area (TPSA) is 46.5 Å². The molecule has 0 bridgehead atoms. The van der Waals surface area contributed by atoms with Crippen molar-refractivity contribution in [1.29, 1.82) is 0 Å². The van der Waals surface area contributed by atoms with Crippen LogP contribution in [-0.4, -0.2) is 18.2 Å². The fourth-order valence-electron chi connectivity index (χ4n) is 0.554. The van der Waals surface area contributed by atoms with Gasteiger partial charge in [-0.15, -0.1) is 0 Å². The molecule has 0 aromatic heterocycles. The molecule has 16 heavy (non-hydrogen) atoms. The van der Waals surface area contributed by atoms with Crippen LogP contribution in [0.1, 0.15) is 34.6 Å². The smallest absolute Gasteiger partial charge is 0.290 e. The van der Waals surface area contributed by atoms with Crippen molar-refractivity contribution >= 4 is 6.47 Å². The minimum Gasteiger partial charge on any atom is -0.495 e. The summed E-state index contributed by atoms with van der Waals surface area (Å²) in [5.41, 5.74) is 1.21. The molecule has 0 aliphatic heterocycles. The number of hydrogen-bond acceptors (Lipinski definition) is 2. The second kappa shape index (κ2) is 19.1. The molecule has 0 radical (unpaired) electrons. The number of ether oxygens (including phenoxy) is 1. The summed E-state index contributed by atoms with van der Waals surface area (Å²) < 4.78 is 5.13. The molecule has 0 aromatic carbocycles. The molecule has 0 heterocycles. The van der Waals surface area contributed by atoms with Gasteiger partial charge >= 0.3 is 0 Å². The summed E-state index contributed by atoms with van der Waals surface area (Å²) in [5, 5.41) is 6.89. The van der Waals surface area contributed by atoms with E-state index in [2.05, 4.69) is 6.58 Å². The van der Waals surface area contributed by atoms with Crippen LogP contribution in [0.25, 0.3) is 0 Å². The first-order chi connectivity index (χ1) is 7.62. The molecule has 0 spiro atoms. The van der Waals surface area contributed by atoms with Crippen molar-refractivity contribution in [3.05, 3.63) is 36.1 Å². The molecule has 3 nitrogen and oxygen atoms in total. The molecule has 0 atom stereocenters. The van der Waals surface area contributed by atoms with E-state index in [0.717, 1.165) is 0 Å². The highest BCUT2D eigenvalue weighted by Gasteiger charge is 1.84. The molecule has 94 valence electrons. The third kappa shape index (κ3) is 22.9. The van der Waals surface area contributed by atoms with Gasteiger partial charge in [0.1, 0.15) is 5.76 Å². The first kappa shape index (κ1) is 20.0. The fourth-order valence-corrected chi connectivity index (χ4v) is 0.554. The summed E-state index contributed by atoms with van der Waals surface area (Å²) in [6.07, 6.45) is 5.90. The van der Waals surface area contributed by atoms with Crippen LogP contribution < -0.4 is 0 Å². The minimum absolute atomic E-state index is 0.250. The lowest BCUT2D eigenvalue weighted by Gasteiger charge is -1.99. The van der Waals surface area contributed by atoms with Crippen molar-refractivity contribution in [3.8, 4) is 0 Å². The fraction of sp³-hybridized carbons (Fsp3) is 0.462. The highest BCUT2D eigenvalue weighted by molar-refractivity contribution is 5.32. The summed E-state index contributed by atoms with van der Waals surface area (Å²) >= 11 is 0. The monoisotopic (exact) mass is 228 g/mol. The average Bonchev–Trinajstić information content (AvgIpc) is 2.30. The van der Waals surface area contributed by atoms with Crippen LogP contribution in [0.5, 0.6) is 0 Å². The van der Waals surface area contributed by atoms with E-state index in [9.17, 15) is 0 Å². The van der Waals surface area contributed by atoms with E-state index in [0.29, 0.717) is 12.4 Å². The molecule has 0 unspecified atom stereocenters. The van der Waals surface area contributed by atoms with Crippen LogP contribution in [0.3, 0.4) is 0 Å². The van der Waals surface area contributed by atoms with Crippen LogP contribution >= 0.6 is 0 Å². The number of carboxylic acid groups (broad SMARTS) is 1. The largest absolute Gasteiger partial charge is 0.495 e. The van der Waals surface area contributed by atoms with Gasteiger partial charge in [-0.05, 0) is 26.8 Å². The number of rotatable bonds is 4. The molecule has 3 heteroatoms. The van der Waals surface area contributed by atoms with Crippen molar-refractivity contribution < 1.29 is 14.6 Å². The molecule has 0 saturated carbocycles. The van der Waals surface area contributed by atoms with Gasteiger partial charge in [0.2, 0.25) is 0 Å². The Morgan fingerprint density at radius 2 is 1.81 bits per heavy atom. The van der Waals surface area contributed by atoms with Crippen molar-refractivity contribution in [2.75, 3.05) is 6.61 Å². The third-order valence-electron chi connectivity index (χ3n) is 1.32.